The maximum Gasteiger partial charge on any atom is 0.313 e. The number of ether oxygens (including phenoxy) is 1. The van der Waals surface area contributed by atoms with E-state index in [1.54, 1.807) is 12.1 Å². The molecule has 0 aliphatic carbocycles. The van der Waals surface area contributed by atoms with Crippen LogP contribution in [0.2, 0.25) is 5.02 Å². The Hall–Kier alpha value is -2.29. The summed E-state index contributed by atoms with van der Waals surface area (Å²) < 4.78 is 5.48. The number of hydrogen-bond donors (Lipinski definition) is 0. The zero-order chi connectivity index (χ0) is 15.4. The molecule has 0 fully saturated rings. The van der Waals surface area contributed by atoms with E-state index in [0.717, 1.165) is 5.56 Å². The van der Waals surface area contributed by atoms with E-state index in [9.17, 15) is 10.1 Å². The molecule has 0 atom stereocenters. The first-order valence-electron chi connectivity index (χ1n) is 5.76. The van der Waals surface area contributed by atoms with Crippen molar-refractivity contribution >= 4 is 28.9 Å². The zero-order valence-corrected chi connectivity index (χ0v) is 12.1. The Morgan fingerprint density at radius 2 is 2.10 bits per heavy atom. The summed E-state index contributed by atoms with van der Waals surface area (Å²) in [6.45, 7) is 0. The highest BCUT2D eigenvalue weighted by atomic mass is 35.5. The van der Waals surface area contributed by atoms with Crippen LogP contribution in [0.4, 0.5) is 5.69 Å². The van der Waals surface area contributed by atoms with Crippen molar-refractivity contribution in [3.8, 4) is 17.6 Å². The van der Waals surface area contributed by atoms with E-state index in [1.165, 1.54) is 24.3 Å². The molecule has 0 aliphatic heterocycles. The third kappa shape index (κ3) is 3.24. The molecule has 7 heteroatoms. The fourth-order valence-electron chi connectivity index (χ4n) is 1.69. The van der Waals surface area contributed by atoms with Crippen molar-refractivity contribution in [3.63, 3.8) is 0 Å². The van der Waals surface area contributed by atoms with Crippen LogP contribution in [0.5, 0.6) is 11.5 Å². The lowest BCUT2D eigenvalue weighted by Crippen LogP contribution is -1.96. The van der Waals surface area contributed by atoms with Crippen molar-refractivity contribution in [2.45, 2.75) is 5.88 Å². The van der Waals surface area contributed by atoms with Crippen molar-refractivity contribution in [1.29, 1.82) is 5.26 Å². The van der Waals surface area contributed by atoms with E-state index < -0.39 is 4.92 Å². The van der Waals surface area contributed by atoms with Gasteiger partial charge in [-0.15, -0.1) is 11.6 Å². The van der Waals surface area contributed by atoms with Crippen molar-refractivity contribution < 1.29 is 9.66 Å². The number of nitriles is 1. The topological polar surface area (TPSA) is 76.2 Å². The molecule has 2 aromatic carbocycles. The van der Waals surface area contributed by atoms with E-state index in [1.807, 2.05) is 6.07 Å². The number of nitro benzene ring substituents is 1. The molecule has 21 heavy (non-hydrogen) atoms. The van der Waals surface area contributed by atoms with Gasteiger partial charge in [0.2, 0.25) is 5.75 Å². The van der Waals surface area contributed by atoms with Gasteiger partial charge in [0.15, 0.2) is 0 Å². The Balaban J connectivity index is 2.48. The standard InChI is InChI=1S/C14H8Cl2N2O3/c15-7-9-4-5-13(10(6-9)8-17)21-14-11(16)2-1-3-12(14)18(19)20/h1-6H,7H2. The van der Waals surface area contributed by atoms with Crippen LogP contribution in [-0.4, -0.2) is 4.92 Å². The first kappa shape index (κ1) is 15.1. The summed E-state index contributed by atoms with van der Waals surface area (Å²) in [5.74, 6) is 0.336. The number of alkyl halides is 1. The Morgan fingerprint density at radius 3 is 2.71 bits per heavy atom. The van der Waals surface area contributed by atoms with Crippen molar-refractivity contribution in [1.82, 2.24) is 0 Å². The molecule has 0 heterocycles. The van der Waals surface area contributed by atoms with Gasteiger partial charge in [-0.1, -0.05) is 23.7 Å². The summed E-state index contributed by atoms with van der Waals surface area (Å²) in [6, 6.07) is 10.9. The fourth-order valence-corrected chi connectivity index (χ4v) is 2.06. The van der Waals surface area contributed by atoms with Gasteiger partial charge < -0.3 is 4.74 Å². The summed E-state index contributed by atoms with van der Waals surface area (Å²) in [6.07, 6.45) is 0. The Kier molecular flexibility index (Phi) is 4.63. The van der Waals surface area contributed by atoms with Gasteiger partial charge in [0.25, 0.3) is 0 Å². The number of rotatable bonds is 4. The molecule has 2 aromatic rings. The lowest BCUT2D eigenvalue weighted by atomic mass is 10.1. The summed E-state index contributed by atoms with van der Waals surface area (Å²) in [4.78, 5) is 10.4. The van der Waals surface area contributed by atoms with Crippen LogP contribution in [-0.2, 0) is 5.88 Å². The van der Waals surface area contributed by atoms with Crippen molar-refractivity contribution in [2.24, 2.45) is 0 Å². The normalized spacial score (nSPS) is 9.95. The molecule has 0 amide bonds. The van der Waals surface area contributed by atoms with Crippen LogP contribution in [0, 0.1) is 21.4 Å². The largest absolute Gasteiger partial charge is 0.447 e. The fraction of sp³-hybridized carbons (Fsp3) is 0.0714. The highest BCUT2D eigenvalue weighted by molar-refractivity contribution is 6.32. The van der Waals surface area contributed by atoms with Crippen LogP contribution in [0.15, 0.2) is 36.4 Å². The Labute approximate surface area is 130 Å². The second kappa shape index (κ2) is 6.44. The number of nitrogens with zero attached hydrogens (tertiary/aromatic N) is 2. The van der Waals surface area contributed by atoms with Crippen LogP contribution in [0.3, 0.4) is 0 Å². The second-order valence-electron chi connectivity index (χ2n) is 4.02. The number of hydrogen-bond acceptors (Lipinski definition) is 4. The molecule has 0 bridgehead atoms. The Bertz CT molecular complexity index is 741. The average Bonchev–Trinajstić information content (AvgIpc) is 2.49. The SMILES string of the molecule is N#Cc1cc(CCl)ccc1Oc1c(Cl)cccc1[N+](=O)[O-]. The van der Waals surface area contributed by atoms with Crippen molar-refractivity contribution in [2.75, 3.05) is 0 Å². The third-order valence-electron chi connectivity index (χ3n) is 2.67. The number of halogens is 2. The molecule has 106 valence electrons. The van der Waals surface area contributed by atoms with Crippen LogP contribution in [0.1, 0.15) is 11.1 Å². The third-order valence-corrected chi connectivity index (χ3v) is 3.28. The number of nitro groups is 1. The quantitative estimate of drug-likeness (QED) is 0.466. The molecule has 2 rings (SSSR count). The summed E-state index contributed by atoms with van der Waals surface area (Å²) in [7, 11) is 0. The van der Waals surface area contributed by atoms with Gasteiger partial charge in [-0.05, 0) is 23.8 Å². The molecule has 0 N–H and O–H groups in total. The predicted molar refractivity (Wildman–Crippen MR) is 78.9 cm³/mol. The monoisotopic (exact) mass is 322 g/mol. The van der Waals surface area contributed by atoms with Gasteiger partial charge in [0.05, 0.1) is 15.5 Å². The zero-order valence-electron chi connectivity index (χ0n) is 10.5. The minimum atomic E-state index is -0.597. The van der Waals surface area contributed by atoms with Gasteiger partial charge in [0, 0.05) is 11.9 Å². The molecular weight excluding hydrogens is 315 g/mol. The van der Waals surface area contributed by atoms with E-state index in [2.05, 4.69) is 0 Å². The lowest BCUT2D eigenvalue weighted by molar-refractivity contribution is -0.385. The molecule has 0 aliphatic rings. The van der Waals surface area contributed by atoms with Gasteiger partial charge in [-0.25, -0.2) is 0 Å². The molecule has 0 aromatic heterocycles. The molecular formula is C14H8Cl2N2O3. The van der Waals surface area contributed by atoms with Crippen molar-refractivity contribution in [3.05, 3.63) is 62.7 Å². The van der Waals surface area contributed by atoms with E-state index in [4.69, 9.17) is 33.2 Å². The number of benzene rings is 2. The summed E-state index contributed by atoms with van der Waals surface area (Å²) >= 11 is 11.6. The van der Waals surface area contributed by atoms with Crippen LogP contribution >= 0.6 is 23.2 Å². The van der Waals surface area contributed by atoms with Gasteiger partial charge in [-0.2, -0.15) is 5.26 Å². The lowest BCUT2D eigenvalue weighted by Gasteiger charge is -2.10. The van der Waals surface area contributed by atoms with E-state index in [0.29, 0.717) is 0 Å². The smallest absolute Gasteiger partial charge is 0.313 e. The minimum absolute atomic E-state index is 0.0921. The molecule has 0 spiro atoms. The molecule has 0 radical (unpaired) electrons. The minimum Gasteiger partial charge on any atom is -0.447 e. The van der Waals surface area contributed by atoms with Crippen LogP contribution in [0.25, 0.3) is 0 Å². The Morgan fingerprint density at radius 1 is 1.33 bits per heavy atom. The first-order valence-corrected chi connectivity index (χ1v) is 6.67. The highest BCUT2D eigenvalue weighted by Gasteiger charge is 2.20. The number of para-hydroxylation sites is 1. The average molecular weight is 323 g/mol. The van der Waals surface area contributed by atoms with Gasteiger partial charge in [0.1, 0.15) is 11.8 Å². The maximum absolute atomic E-state index is 11.0. The highest BCUT2D eigenvalue weighted by Crippen LogP contribution is 2.38. The molecule has 5 nitrogen and oxygen atoms in total. The predicted octanol–water partition coefficient (Wildman–Crippen LogP) is 4.65. The van der Waals surface area contributed by atoms with Gasteiger partial charge >= 0.3 is 5.69 Å². The second-order valence-corrected chi connectivity index (χ2v) is 4.70. The maximum atomic E-state index is 11.0. The molecule has 0 saturated carbocycles. The summed E-state index contributed by atoms with van der Waals surface area (Å²) in [5, 5.41) is 20.2. The van der Waals surface area contributed by atoms with E-state index in [-0.39, 0.29) is 33.7 Å². The van der Waals surface area contributed by atoms with E-state index >= 15 is 0 Å². The van der Waals surface area contributed by atoms with Crippen LogP contribution < -0.4 is 4.74 Å². The first-order chi connectivity index (χ1) is 10.1. The molecule has 0 saturated heterocycles. The van der Waals surface area contributed by atoms with Gasteiger partial charge in [-0.3, -0.25) is 10.1 Å². The molecule has 0 unspecified atom stereocenters. The summed E-state index contributed by atoms with van der Waals surface area (Å²) in [5.41, 5.74) is 0.699.